The standard InChI is InChI=1S/C6H13NOS.ClH/c1-6(2)5-9(8)4-3-7-6;/h7H,3-5H2,1-2H3;1H. The molecule has 0 saturated carbocycles. The summed E-state index contributed by atoms with van der Waals surface area (Å²) >= 11 is 0. The Bertz CT molecular complexity index is 138. The highest BCUT2D eigenvalue weighted by atomic mass is 35.5. The summed E-state index contributed by atoms with van der Waals surface area (Å²) < 4.78 is 10.9. The van der Waals surface area contributed by atoms with Crippen LogP contribution in [0.25, 0.3) is 0 Å². The maximum atomic E-state index is 10.9. The van der Waals surface area contributed by atoms with Crippen LogP contribution in [-0.4, -0.2) is 27.8 Å². The summed E-state index contributed by atoms with van der Waals surface area (Å²) in [5.74, 6) is 1.62. The van der Waals surface area contributed by atoms with E-state index in [2.05, 4.69) is 19.2 Å². The van der Waals surface area contributed by atoms with E-state index in [-0.39, 0.29) is 17.9 Å². The number of halogens is 1. The zero-order valence-corrected chi connectivity index (χ0v) is 7.98. The first-order valence-electron chi connectivity index (χ1n) is 3.20. The Kier molecular flexibility index (Phi) is 3.84. The third-order valence-electron chi connectivity index (χ3n) is 1.46. The number of hydrogen-bond acceptors (Lipinski definition) is 2. The smallest absolute Gasteiger partial charge is 0.0412 e. The molecule has 0 aliphatic carbocycles. The third-order valence-corrected chi connectivity index (χ3v) is 3.16. The normalized spacial score (nSPS) is 30.8. The van der Waals surface area contributed by atoms with Gasteiger partial charge in [0.2, 0.25) is 0 Å². The molecule has 0 amide bonds. The molecular formula is C6H14ClNOS. The molecule has 1 rings (SSSR count). The molecule has 0 spiro atoms. The summed E-state index contributed by atoms with van der Waals surface area (Å²) in [6.07, 6.45) is 0. The average molecular weight is 184 g/mol. The van der Waals surface area contributed by atoms with Crippen molar-refractivity contribution in [2.45, 2.75) is 19.4 Å². The van der Waals surface area contributed by atoms with Crippen molar-refractivity contribution in [3.8, 4) is 0 Å². The highest BCUT2D eigenvalue weighted by Gasteiger charge is 2.24. The van der Waals surface area contributed by atoms with Crippen molar-refractivity contribution in [3.63, 3.8) is 0 Å². The Morgan fingerprint density at radius 3 is 2.40 bits per heavy atom. The monoisotopic (exact) mass is 183 g/mol. The van der Waals surface area contributed by atoms with E-state index in [9.17, 15) is 4.21 Å². The summed E-state index contributed by atoms with van der Waals surface area (Å²) in [5, 5.41) is 3.30. The SMILES string of the molecule is CC1(C)CS(=O)CCN1.Cl. The summed E-state index contributed by atoms with van der Waals surface area (Å²) in [6.45, 7) is 5.08. The molecule has 10 heavy (non-hydrogen) atoms. The number of rotatable bonds is 0. The van der Waals surface area contributed by atoms with E-state index in [0.717, 1.165) is 18.1 Å². The van der Waals surface area contributed by atoms with E-state index in [1.165, 1.54) is 0 Å². The molecule has 0 aromatic rings. The maximum Gasteiger partial charge on any atom is 0.0412 e. The second-order valence-electron chi connectivity index (χ2n) is 3.10. The van der Waals surface area contributed by atoms with Crippen LogP contribution in [0.5, 0.6) is 0 Å². The highest BCUT2D eigenvalue weighted by molar-refractivity contribution is 7.85. The van der Waals surface area contributed by atoms with E-state index in [1.807, 2.05) is 0 Å². The third kappa shape index (κ3) is 2.99. The van der Waals surface area contributed by atoms with Crippen molar-refractivity contribution in [3.05, 3.63) is 0 Å². The Morgan fingerprint density at radius 2 is 2.10 bits per heavy atom. The molecule has 1 unspecified atom stereocenters. The minimum Gasteiger partial charge on any atom is -0.310 e. The lowest BCUT2D eigenvalue weighted by Crippen LogP contribution is -2.50. The van der Waals surface area contributed by atoms with E-state index in [1.54, 1.807) is 0 Å². The average Bonchev–Trinajstić information content (AvgIpc) is 1.60. The molecular weight excluding hydrogens is 170 g/mol. The quantitative estimate of drug-likeness (QED) is 0.594. The summed E-state index contributed by atoms with van der Waals surface area (Å²) in [5.41, 5.74) is 0.100. The molecule has 1 aliphatic heterocycles. The van der Waals surface area contributed by atoms with Crippen LogP contribution in [-0.2, 0) is 10.8 Å². The summed E-state index contributed by atoms with van der Waals surface area (Å²) in [6, 6.07) is 0. The van der Waals surface area contributed by atoms with Crippen molar-refractivity contribution in [1.29, 1.82) is 0 Å². The molecule has 1 aliphatic rings. The van der Waals surface area contributed by atoms with Gasteiger partial charge in [-0.3, -0.25) is 4.21 Å². The lowest BCUT2D eigenvalue weighted by Gasteiger charge is -2.29. The van der Waals surface area contributed by atoms with Crippen LogP contribution >= 0.6 is 12.4 Å². The zero-order valence-electron chi connectivity index (χ0n) is 6.35. The molecule has 0 radical (unpaired) electrons. The van der Waals surface area contributed by atoms with Gasteiger partial charge in [0, 0.05) is 34.4 Å². The van der Waals surface area contributed by atoms with Gasteiger partial charge in [-0.2, -0.15) is 0 Å². The fraction of sp³-hybridized carbons (Fsp3) is 1.00. The summed E-state index contributed by atoms with van der Waals surface area (Å²) in [7, 11) is -0.572. The van der Waals surface area contributed by atoms with Gasteiger partial charge in [-0.25, -0.2) is 0 Å². The van der Waals surface area contributed by atoms with Gasteiger partial charge in [0.05, 0.1) is 0 Å². The van der Waals surface area contributed by atoms with Crippen LogP contribution in [0.3, 0.4) is 0 Å². The molecule has 4 heteroatoms. The minimum atomic E-state index is -0.572. The van der Waals surface area contributed by atoms with Gasteiger partial charge in [0.15, 0.2) is 0 Å². The Balaban J connectivity index is 0.000000810. The van der Waals surface area contributed by atoms with E-state index >= 15 is 0 Å². The van der Waals surface area contributed by atoms with Crippen LogP contribution in [0.1, 0.15) is 13.8 Å². The first kappa shape index (κ1) is 10.4. The molecule has 1 heterocycles. The van der Waals surface area contributed by atoms with Crippen molar-refractivity contribution in [1.82, 2.24) is 5.32 Å². The molecule has 1 N–H and O–H groups in total. The van der Waals surface area contributed by atoms with Crippen LogP contribution in [0.15, 0.2) is 0 Å². The molecule has 1 saturated heterocycles. The van der Waals surface area contributed by atoms with Gasteiger partial charge >= 0.3 is 0 Å². The van der Waals surface area contributed by atoms with Gasteiger partial charge in [-0.15, -0.1) is 12.4 Å². The Hall–Kier alpha value is 0.400. The van der Waals surface area contributed by atoms with E-state index in [4.69, 9.17) is 0 Å². The first-order chi connectivity index (χ1) is 4.10. The molecule has 0 aromatic heterocycles. The maximum absolute atomic E-state index is 10.9. The molecule has 1 fully saturated rings. The van der Waals surface area contributed by atoms with Crippen molar-refractivity contribution >= 4 is 23.2 Å². The Labute approximate surface area is 70.6 Å². The lowest BCUT2D eigenvalue weighted by atomic mass is 10.1. The van der Waals surface area contributed by atoms with Crippen molar-refractivity contribution in [2.24, 2.45) is 0 Å². The van der Waals surface area contributed by atoms with Crippen LogP contribution in [0, 0.1) is 0 Å². The summed E-state index contributed by atoms with van der Waals surface area (Å²) in [4.78, 5) is 0. The molecule has 2 nitrogen and oxygen atoms in total. The molecule has 1 atom stereocenters. The molecule has 0 bridgehead atoms. The molecule has 62 valence electrons. The fourth-order valence-corrected chi connectivity index (χ4v) is 2.41. The van der Waals surface area contributed by atoms with Gasteiger partial charge in [0.25, 0.3) is 0 Å². The van der Waals surface area contributed by atoms with Crippen LogP contribution in [0.2, 0.25) is 0 Å². The van der Waals surface area contributed by atoms with Gasteiger partial charge in [0.1, 0.15) is 0 Å². The minimum absolute atomic E-state index is 0. The lowest BCUT2D eigenvalue weighted by molar-refractivity contribution is 0.431. The van der Waals surface area contributed by atoms with Crippen LogP contribution < -0.4 is 5.32 Å². The number of hydrogen-bond donors (Lipinski definition) is 1. The van der Waals surface area contributed by atoms with E-state index in [0.29, 0.717) is 0 Å². The highest BCUT2D eigenvalue weighted by Crippen LogP contribution is 2.08. The number of nitrogens with one attached hydrogen (secondary N) is 1. The predicted molar refractivity (Wildman–Crippen MR) is 47.2 cm³/mol. The van der Waals surface area contributed by atoms with Crippen molar-refractivity contribution in [2.75, 3.05) is 18.1 Å². The van der Waals surface area contributed by atoms with E-state index < -0.39 is 10.8 Å². The van der Waals surface area contributed by atoms with Crippen LogP contribution in [0.4, 0.5) is 0 Å². The predicted octanol–water partition coefficient (Wildman–Crippen LogP) is 0.539. The first-order valence-corrected chi connectivity index (χ1v) is 4.69. The largest absolute Gasteiger partial charge is 0.310 e. The second kappa shape index (κ2) is 3.69. The second-order valence-corrected chi connectivity index (χ2v) is 4.68. The van der Waals surface area contributed by atoms with Gasteiger partial charge in [-0.1, -0.05) is 0 Å². The topological polar surface area (TPSA) is 29.1 Å². The van der Waals surface area contributed by atoms with Crippen molar-refractivity contribution < 1.29 is 4.21 Å². The zero-order chi connectivity index (χ0) is 6.91. The molecule has 0 aromatic carbocycles. The Morgan fingerprint density at radius 1 is 1.50 bits per heavy atom. The van der Waals surface area contributed by atoms with Gasteiger partial charge in [-0.05, 0) is 13.8 Å². The van der Waals surface area contributed by atoms with Gasteiger partial charge < -0.3 is 5.32 Å². The fourth-order valence-electron chi connectivity index (χ4n) is 1.03.